The average molecular weight is 522 g/mol. The number of Topliss-reactive ketones (excluding diaryl/α,β-unsaturated/α-hetero) is 1. The summed E-state index contributed by atoms with van der Waals surface area (Å²) in [5, 5.41) is 2.90. The summed E-state index contributed by atoms with van der Waals surface area (Å²) in [4.78, 5) is 42.7. The minimum absolute atomic E-state index is 0.0203. The van der Waals surface area contributed by atoms with Crippen molar-refractivity contribution in [2.24, 2.45) is 5.73 Å². The zero-order valence-corrected chi connectivity index (χ0v) is 20.5. The van der Waals surface area contributed by atoms with Crippen molar-refractivity contribution in [1.29, 1.82) is 0 Å². The van der Waals surface area contributed by atoms with Gasteiger partial charge in [0.2, 0.25) is 5.91 Å². The Labute approximate surface area is 205 Å². The van der Waals surface area contributed by atoms with Crippen LogP contribution in [0.15, 0.2) is 69.6 Å². The van der Waals surface area contributed by atoms with Crippen LogP contribution in [-0.4, -0.2) is 24.3 Å². The highest BCUT2D eigenvalue weighted by Crippen LogP contribution is 2.55. The molecule has 7 nitrogen and oxygen atoms in total. The van der Waals surface area contributed by atoms with Gasteiger partial charge < -0.3 is 15.8 Å². The number of ketones is 1. The smallest absolute Gasteiger partial charge is 0.339 e. The number of halogens is 1. The molecule has 1 aliphatic carbocycles. The predicted octanol–water partition coefficient (Wildman–Crippen LogP) is 4.21. The molecule has 0 bridgehead atoms. The molecule has 0 saturated carbocycles. The molecule has 2 aromatic rings. The van der Waals surface area contributed by atoms with E-state index in [1.165, 1.54) is 0 Å². The predicted molar refractivity (Wildman–Crippen MR) is 132 cm³/mol. The van der Waals surface area contributed by atoms with E-state index in [4.69, 9.17) is 10.5 Å². The van der Waals surface area contributed by atoms with Crippen molar-refractivity contribution in [3.63, 3.8) is 0 Å². The fraction of sp³-hybridized carbons (Fsp3) is 0.269. The van der Waals surface area contributed by atoms with Crippen LogP contribution in [0.25, 0.3) is 0 Å². The number of nitrogens with one attached hydrogen (secondary N) is 1. The van der Waals surface area contributed by atoms with Gasteiger partial charge in [0, 0.05) is 39.1 Å². The third-order valence-corrected chi connectivity index (χ3v) is 7.16. The molecule has 5 rings (SSSR count). The lowest BCUT2D eigenvalue weighted by molar-refractivity contribution is -0.140. The maximum Gasteiger partial charge on any atom is 0.339 e. The van der Waals surface area contributed by atoms with Crippen LogP contribution >= 0.6 is 15.9 Å². The van der Waals surface area contributed by atoms with Crippen LogP contribution in [0.1, 0.15) is 37.3 Å². The maximum absolute atomic E-state index is 13.9. The van der Waals surface area contributed by atoms with Gasteiger partial charge in [0.1, 0.15) is 16.8 Å². The Morgan fingerprint density at radius 2 is 1.91 bits per heavy atom. The molecule has 1 amide bonds. The molecule has 0 saturated heterocycles. The second-order valence-corrected chi connectivity index (χ2v) is 9.56. The first kappa shape index (κ1) is 22.4. The van der Waals surface area contributed by atoms with Gasteiger partial charge in [-0.15, -0.1) is 0 Å². The van der Waals surface area contributed by atoms with E-state index in [-0.39, 0.29) is 23.8 Å². The van der Waals surface area contributed by atoms with Crippen molar-refractivity contribution in [3.05, 3.63) is 80.7 Å². The van der Waals surface area contributed by atoms with E-state index in [2.05, 4.69) is 21.2 Å². The van der Waals surface area contributed by atoms with E-state index in [1.807, 2.05) is 43.3 Å². The lowest BCUT2D eigenvalue weighted by Gasteiger charge is -2.44. The standard InChI is InChI=1S/C26H24BrN3O4/c1-3-34-24(32)22-23(28)30(16-10-8-15(27)9-11-16)19-5-4-6-20(31)21(19)26(22)17-13-14(2)7-12-18(17)29-25(26)33/h7-13H,3-6,28H2,1-2H3,(H,29,33). The quantitative estimate of drug-likeness (QED) is 0.586. The Kier molecular flexibility index (Phi) is 5.36. The molecule has 0 radical (unpaired) electrons. The molecule has 0 fully saturated rings. The minimum atomic E-state index is -1.66. The number of hydrogen-bond donors (Lipinski definition) is 2. The van der Waals surface area contributed by atoms with Crippen LogP contribution in [0.4, 0.5) is 11.4 Å². The van der Waals surface area contributed by atoms with Gasteiger partial charge in [0.25, 0.3) is 0 Å². The van der Waals surface area contributed by atoms with Crippen molar-refractivity contribution in [2.75, 3.05) is 16.8 Å². The molecule has 2 aromatic carbocycles. The van der Waals surface area contributed by atoms with Crippen molar-refractivity contribution >= 4 is 45.0 Å². The van der Waals surface area contributed by atoms with Crippen molar-refractivity contribution in [2.45, 2.75) is 38.5 Å². The van der Waals surface area contributed by atoms with Gasteiger partial charge in [-0.3, -0.25) is 14.5 Å². The summed E-state index contributed by atoms with van der Waals surface area (Å²) in [5.74, 6) is -1.24. The van der Waals surface area contributed by atoms with Gasteiger partial charge in [-0.1, -0.05) is 33.6 Å². The average Bonchev–Trinajstić information content (AvgIpc) is 3.07. The van der Waals surface area contributed by atoms with Gasteiger partial charge in [-0.25, -0.2) is 4.79 Å². The Morgan fingerprint density at radius 3 is 2.62 bits per heavy atom. The van der Waals surface area contributed by atoms with Crippen LogP contribution in [0.3, 0.4) is 0 Å². The van der Waals surface area contributed by atoms with Gasteiger partial charge in [0.05, 0.1) is 6.61 Å². The number of allylic oxidation sites excluding steroid dienone is 1. The third-order valence-electron chi connectivity index (χ3n) is 6.63. The van der Waals surface area contributed by atoms with Crippen LogP contribution in [0.2, 0.25) is 0 Å². The van der Waals surface area contributed by atoms with Crippen molar-refractivity contribution in [1.82, 2.24) is 0 Å². The van der Waals surface area contributed by atoms with Gasteiger partial charge in [-0.2, -0.15) is 0 Å². The van der Waals surface area contributed by atoms with Crippen LogP contribution in [0, 0.1) is 6.92 Å². The zero-order chi connectivity index (χ0) is 24.2. The van der Waals surface area contributed by atoms with Gasteiger partial charge in [0.15, 0.2) is 5.78 Å². The molecule has 1 atom stereocenters. The van der Waals surface area contributed by atoms with E-state index in [1.54, 1.807) is 17.9 Å². The van der Waals surface area contributed by atoms with Crippen LogP contribution < -0.4 is 16.0 Å². The Bertz CT molecular complexity index is 1310. The first-order chi connectivity index (χ1) is 16.3. The topological polar surface area (TPSA) is 102 Å². The van der Waals surface area contributed by atoms with E-state index in [9.17, 15) is 14.4 Å². The van der Waals surface area contributed by atoms with Crippen molar-refractivity contribution < 1.29 is 19.1 Å². The number of nitrogens with two attached hydrogens (primary N) is 1. The Morgan fingerprint density at radius 1 is 1.18 bits per heavy atom. The first-order valence-corrected chi connectivity index (χ1v) is 12.0. The molecule has 3 aliphatic rings. The molecule has 34 heavy (non-hydrogen) atoms. The maximum atomic E-state index is 13.9. The second-order valence-electron chi connectivity index (χ2n) is 8.64. The highest BCUT2D eigenvalue weighted by molar-refractivity contribution is 9.10. The molecule has 0 aromatic heterocycles. The minimum Gasteiger partial charge on any atom is -0.462 e. The number of carbonyl (C=O) groups excluding carboxylic acids is 3. The number of nitrogens with zero attached hydrogens (tertiary/aromatic N) is 1. The second kappa shape index (κ2) is 8.13. The van der Waals surface area contributed by atoms with Gasteiger partial charge >= 0.3 is 5.97 Å². The summed E-state index contributed by atoms with van der Waals surface area (Å²) in [5.41, 5.74) is 8.75. The third kappa shape index (κ3) is 3.05. The van der Waals surface area contributed by atoms with Gasteiger partial charge in [-0.05, 0) is 57.0 Å². The van der Waals surface area contributed by atoms with E-state index < -0.39 is 17.3 Å². The molecule has 8 heteroatoms. The summed E-state index contributed by atoms with van der Waals surface area (Å²) in [7, 11) is 0. The normalized spacial score (nSPS) is 21.6. The molecule has 2 aliphatic heterocycles. The number of rotatable bonds is 3. The number of aryl methyl sites for hydroxylation is 1. The first-order valence-electron chi connectivity index (χ1n) is 11.2. The summed E-state index contributed by atoms with van der Waals surface area (Å²) in [6.07, 6.45) is 1.47. The Balaban J connectivity index is 1.90. The van der Waals surface area contributed by atoms with Crippen LogP contribution in [-0.2, 0) is 24.5 Å². The lowest BCUT2D eigenvalue weighted by atomic mass is 9.63. The Hall–Kier alpha value is -3.39. The molecular formula is C26H24BrN3O4. The summed E-state index contributed by atoms with van der Waals surface area (Å²) < 4.78 is 6.31. The highest BCUT2D eigenvalue weighted by atomic mass is 79.9. The monoisotopic (exact) mass is 521 g/mol. The number of benzene rings is 2. The number of esters is 1. The molecule has 2 heterocycles. The van der Waals surface area contributed by atoms with E-state index in [0.717, 1.165) is 10.0 Å². The molecular weight excluding hydrogens is 498 g/mol. The molecule has 3 N–H and O–H groups in total. The molecule has 1 spiro atoms. The summed E-state index contributed by atoms with van der Waals surface area (Å²) in [6, 6.07) is 13.0. The molecule has 1 unspecified atom stereocenters. The fourth-order valence-electron chi connectivity index (χ4n) is 5.31. The van der Waals surface area contributed by atoms with E-state index >= 15 is 0 Å². The number of fused-ring (bicyclic) bond motifs is 3. The number of ether oxygens (including phenoxy) is 1. The lowest BCUT2D eigenvalue weighted by Crippen LogP contribution is -2.53. The number of carbonyl (C=O) groups is 3. The molecule has 174 valence electrons. The number of hydrogen-bond acceptors (Lipinski definition) is 6. The largest absolute Gasteiger partial charge is 0.462 e. The summed E-state index contributed by atoms with van der Waals surface area (Å²) >= 11 is 3.45. The highest BCUT2D eigenvalue weighted by Gasteiger charge is 2.62. The summed E-state index contributed by atoms with van der Waals surface area (Å²) in [6.45, 7) is 3.70. The SMILES string of the molecule is CCOC(=O)C1=C(N)N(c2ccc(Br)cc2)C2=C(C(=O)CCC2)C12C(=O)Nc1ccc(C)cc12. The number of amides is 1. The fourth-order valence-corrected chi connectivity index (χ4v) is 5.57. The van der Waals surface area contributed by atoms with Crippen molar-refractivity contribution in [3.8, 4) is 0 Å². The number of anilines is 2. The zero-order valence-electron chi connectivity index (χ0n) is 18.9. The van der Waals surface area contributed by atoms with E-state index in [0.29, 0.717) is 47.5 Å². The van der Waals surface area contributed by atoms with Crippen LogP contribution in [0.5, 0.6) is 0 Å².